The minimum absolute atomic E-state index is 0.395. The molecule has 0 aliphatic carbocycles. The highest BCUT2D eigenvalue weighted by Crippen LogP contribution is 2.37. The lowest BCUT2D eigenvalue weighted by Crippen LogP contribution is -2.21. The van der Waals surface area contributed by atoms with Gasteiger partial charge in [-0.05, 0) is 19.4 Å². The molecule has 0 saturated carbocycles. The van der Waals surface area contributed by atoms with Gasteiger partial charge in [-0.15, -0.1) is 16.4 Å². The van der Waals surface area contributed by atoms with Gasteiger partial charge in [0.1, 0.15) is 11.1 Å². The molecule has 8 heteroatoms. The Labute approximate surface area is 131 Å². The summed E-state index contributed by atoms with van der Waals surface area (Å²) in [6.07, 6.45) is 3.97. The van der Waals surface area contributed by atoms with Crippen LogP contribution in [0.25, 0.3) is 10.2 Å². The van der Waals surface area contributed by atoms with Crippen LogP contribution < -0.4 is 11.1 Å². The number of thiophene rings is 1. The van der Waals surface area contributed by atoms with E-state index < -0.39 is 6.23 Å². The van der Waals surface area contributed by atoms with E-state index in [2.05, 4.69) is 25.5 Å². The van der Waals surface area contributed by atoms with E-state index in [4.69, 9.17) is 5.73 Å². The molecule has 114 valence electrons. The van der Waals surface area contributed by atoms with Crippen molar-refractivity contribution in [2.24, 2.45) is 0 Å². The van der Waals surface area contributed by atoms with Crippen molar-refractivity contribution in [3.05, 3.63) is 40.4 Å². The topological polar surface area (TPSA) is 110 Å². The van der Waals surface area contributed by atoms with Gasteiger partial charge in [0.15, 0.2) is 0 Å². The molecular formula is C14H16N6OS. The third kappa shape index (κ3) is 2.63. The number of hydrogen-bond donors (Lipinski definition) is 3. The molecule has 0 aliphatic heterocycles. The second kappa shape index (κ2) is 5.91. The summed E-state index contributed by atoms with van der Waals surface area (Å²) in [5.41, 5.74) is 9.32. The second-order valence-electron chi connectivity index (χ2n) is 4.95. The molecule has 0 aliphatic rings. The number of aliphatic hydroxyl groups excluding tert-OH is 1. The van der Waals surface area contributed by atoms with Gasteiger partial charge in [0, 0.05) is 30.5 Å². The Hall–Kier alpha value is -2.16. The monoisotopic (exact) mass is 316 g/mol. The van der Waals surface area contributed by atoms with Gasteiger partial charge >= 0.3 is 0 Å². The van der Waals surface area contributed by atoms with Crippen molar-refractivity contribution < 1.29 is 5.11 Å². The van der Waals surface area contributed by atoms with E-state index in [1.807, 2.05) is 13.8 Å². The Bertz CT molecular complexity index is 804. The Balaban J connectivity index is 1.86. The van der Waals surface area contributed by atoms with Crippen LogP contribution >= 0.6 is 11.3 Å². The molecule has 0 radical (unpaired) electrons. The van der Waals surface area contributed by atoms with Crippen LogP contribution in [0, 0.1) is 13.8 Å². The Morgan fingerprint density at radius 1 is 1.32 bits per heavy atom. The number of nitrogens with one attached hydrogen (secondary N) is 1. The number of fused-ring (bicyclic) bond motifs is 1. The smallest absolute Gasteiger partial charge is 0.148 e. The molecule has 3 aromatic rings. The third-order valence-corrected chi connectivity index (χ3v) is 4.65. The number of nitrogens with two attached hydrogens (primary N) is 1. The zero-order valence-electron chi connectivity index (χ0n) is 12.2. The number of hydrogen-bond acceptors (Lipinski definition) is 8. The minimum Gasteiger partial charge on any atom is -0.397 e. The number of anilines is 1. The summed E-state index contributed by atoms with van der Waals surface area (Å²) in [6.45, 7) is 4.24. The number of aliphatic hydroxyl groups is 1. The van der Waals surface area contributed by atoms with Crippen molar-refractivity contribution in [1.29, 1.82) is 0 Å². The van der Waals surface area contributed by atoms with Crippen molar-refractivity contribution >= 4 is 27.2 Å². The zero-order valence-corrected chi connectivity index (χ0v) is 13.1. The number of aromatic nitrogens is 4. The van der Waals surface area contributed by atoms with E-state index in [-0.39, 0.29) is 0 Å². The number of nitrogens with zero attached hydrogens (tertiary/aromatic N) is 4. The summed E-state index contributed by atoms with van der Waals surface area (Å²) < 4.78 is 0. The van der Waals surface area contributed by atoms with Crippen molar-refractivity contribution in [2.75, 3.05) is 5.73 Å². The van der Waals surface area contributed by atoms with Gasteiger partial charge in [-0.3, -0.25) is 15.3 Å². The van der Waals surface area contributed by atoms with Gasteiger partial charge in [0.25, 0.3) is 0 Å². The van der Waals surface area contributed by atoms with Crippen LogP contribution in [0.5, 0.6) is 0 Å². The van der Waals surface area contributed by atoms with Crippen LogP contribution in [0.4, 0.5) is 5.69 Å². The van der Waals surface area contributed by atoms with Gasteiger partial charge < -0.3 is 10.8 Å². The van der Waals surface area contributed by atoms with E-state index in [1.165, 1.54) is 11.3 Å². The van der Waals surface area contributed by atoms with Crippen molar-refractivity contribution in [1.82, 2.24) is 25.5 Å². The van der Waals surface area contributed by atoms with E-state index in [0.717, 1.165) is 27.2 Å². The van der Waals surface area contributed by atoms with Gasteiger partial charge in [-0.1, -0.05) is 0 Å². The third-order valence-electron chi connectivity index (χ3n) is 3.51. The van der Waals surface area contributed by atoms with Gasteiger partial charge in [-0.25, -0.2) is 0 Å². The second-order valence-corrected chi connectivity index (χ2v) is 5.98. The fourth-order valence-corrected chi connectivity index (χ4v) is 3.24. The van der Waals surface area contributed by atoms with E-state index in [9.17, 15) is 5.11 Å². The molecule has 0 aromatic carbocycles. The number of rotatable bonds is 4. The van der Waals surface area contributed by atoms with Crippen LogP contribution in [-0.4, -0.2) is 25.3 Å². The summed E-state index contributed by atoms with van der Waals surface area (Å²) in [6, 6.07) is 0. The largest absolute Gasteiger partial charge is 0.397 e. The minimum atomic E-state index is -0.888. The van der Waals surface area contributed by atoms with E-state index in [1.54, 1.807) is 18.6 Å². The molecule has 7 nitrogen and oxygen atoms in total. The van der Waals surface area contributed by atoms with Crippen LogP contribution in [0.2, 0.25) is 0 Å². The van der Waals surface area contributed by atoms with Gasteiger partial charge in [-0.2, -0.15) is 5.10 Å². The lowest BCUT2D eigenvalue weighted by Gasteiger charge is -2.11. The number of aryl methyl sites for hydroxylation is 2. The highest BCUT2D eigenvalue weighted by Gasteiger charge is 2.20. The van der Waals surface area contributed by atoms with Crippen LogP contribution in [0.1, 0.15) is 28.1 Å². The average Bonchev–Trinajstić information content (AvgIpc) is 2.87. The first-order valence-electron chi connectivity index (χ1n) is 6.76. The lowest BCUT2D eigenvalue weighted by atomic mass is 10.1. The van der Waals surface area contributed by atoms with Crippen molar-refractivity contribution in [3.63, 3.8) is 0 Å². The Morgan fingerprint density at radius 3 is 2.86 bits per heavy atom. The maximum atomic E-state index is 10.3. The summed E-state index contributed by atoms with van der Waals surface area (Å²) in [5, 5.41) is 22.5. The lowest BCUT2D eigenvalue weighted by molar-refractivity contribution is 0.141. The highest BCUT2D eigenvalue weighted by atomic mass is 32.1. The molecule has 0 spiro atoms. The molecule has 0 bridgehead atoms. The van der Waals surface area contributed by atoms with Crippen LogP contribution in [0.3, 0.4) is 0 Å². The first-order valence-corrected chi connectivity index (χ1v) is 7.57. The average molecular weight is 316 g/mol. The molecule has 1 atom stereocenters. The maximum absolute atomic E-state index is 10.3. The predicted molar refractivity (Wildman–Crippen MR) is 85.1 cm³/mol. The van der Waals surface area contributed by atoms with Gasteiger partial charge in [0.2, 0.25) is 0 Å². The Kier molecular flexibility index (Phi) is 3.97. The molecule has 1 unspecified atom stereocenters. The van der Waals surface area contributed by atoms with Crippen molar-refractivity contribution in [3.8, 4) is 0 Å². The van der Waals surface area contributed by atoms with Crippen molar-refractivity contribution in [2.45, 2.75) is 26.6 Å². The van der Waals surface area contributed by atoms with Crippen LogP contribution in [-0.2, 0) is 6.54 Å². The van der Waals surface area contributed by atoms with Gasteiger partial charge in [0.05, 0.1) is 22.0 Å². The fourth-order valence-electron chi connectivity index (χ4n) is 2.18. The molecule has 22 heavy (non-hydrogen) atoms. The molecule has 0 fully saturated rings. The van der Waals surface area contributed by atoms with Crippen LogP contribution in [0.15, 0.2) is 18.6 Å². The summed E-state index contributed by atoms with van der Waals surface area (Å²) in [5.74, 6) is 0. The fraction of sp³-hybridized carbons (Fsp3) is 0.286. The quantitative estimate of drug-likeness (QED) is 0.625. The molecule has 3 rings (SSSR count). The molecule has 4 N–H and O–H groups in total. The standard InChI is InChI=1S/C14H16N6OS/c1-7-8(2)19-20-14-10(7)11(15)12(22-14)13(21)18-6-9-5-16-3-4-17-9/h3-5,13,18,21H,6,15H2,1-2H3. The normalized spacial score (nSPS) is 12.7. The SMILES string of the molecule is Cc1nnc2sc(C(O)NCc3cnccn3)c(N)c2c1C. The highest BCUT2D eigenvalue weighted by molar-refractivity contribution is 7.19. The Morgan fingerprint density at radius 2 is 2.14 bits per heavy atom. The predicted octanol–water partition coefficient (Wildman–Crippen LogP) is 1.46. The molecule has 0 saturated heterocycles. The summed E-state index contributed by atoms with van der Waals surface area (Å²) in [4.78, 5) is 9.51. The first kappa shape index (κ1) is 14.8. The molecule has 3 heterocycles. The van der Waals surface area contributed by atoms with E-state index in [0.29, 0.717) is 17.1 Å². The maximum Gasteiger partial charge on any atom is 0.148 e. The molecule has 0 amide bonds. The van der Waals surface area contributed by atoms with E-state index >= 15 is 0 Å². The molecular weight excluding hydrogens is 300 g/mol. The summed E-state index contributed by atoms with van der Waals surface area (Å²) in [7, 11) is 0. The number of nitrogen functional groups attached to an aromatic ring is 1. The zero-order chi connectivity index (χ0) is 15.7. The first-order chi connectivity index (χ1) is 10.6. The molecule has 3 aromatic heterocycles. The summed E-state index contributed by atoms with van der Waals surface area (Å²) >= 11 is 1.34.